The maximum atomic E-state index is 12.4. The zero-order valence-electron chi connectivity index (χ0n) is 12.8. The van der Waals surface area contributed by atoms with Gasteiger partial charge in [0, 0.05) is 19.1 Å². The number of likely N-dealkylation sites (tertiary alicyclic amines) is 1. The van der Waals surface area contributed by atoms with Crippen molar-refractivity contribution in [1.82, 2.24) is 10.2 Å². The van der Waals surface area contributed by atoms with E-state index in [1.54, 1.807) is 0 Å². The van der Waals surface area contributed by atoms with Gasteiger partial charge in [-0.25, -0.2) is 0 Å². The molecule has 1 amide bonds. The van der Waals surface area contributed by atoms with Gasteiger partial charge in [0.15, 0.2) is 0 Å². The summed E-state index contributed by atoms with van der Waals surface area (Å²) in [6, 6.07) is 10.5. The van der Waals surface area contributed by atoms with Gasteiger partial charge in [-0.3, -0.25) is 10.1 Å². The third-order valence-electron chi connectivity index (χ3n) is 4.04. The van der Waals surface area contributed by atoms with Crippen LogP contribution in [0.5, 0.6) is 0 Å². The van der Waals surface area contributed by atoms with Crippen LogP contribution in [0.4, 0.5) is 0 Å². The molecule has 0 aromatic heterocycles. The molecule has 3 nitrogen and oxygen atoms in total. The van der Waals surface area contributed by atoms with E-state index in [9.17, 15) is 4.79 Å². The first-order valence-corrected chi connectivity index (χ1v) is 7.69. The molecule has 1 fully saturated rings. The van der Waals surface area contributed by atoms with Crippen molar-refractivity contribution < 1.29 is 4.79 Å². The fraction of sp³-hybridized carbons (Fsp3) is 0.588. The number of hydrogen-bond donors (Lipinski definition) is 1. The van der Waals surface area contributed by atoms with Crippen molar-refractivity contribution in [3.63, 3.8) is 0 Å². The van der Waals surface area contributed by atoms with Crippen molar-refractivity contribution in [2.45, 2.75) is 45.7 Å². The highest BCUT2D eigenvalue weighted by atomic mass is 16.2. The minimum atomic E-state index is -0.124. The van der Waals surface area contributed by atoms with Crippen LogP contribution >= 0.6 is 0 Å². The topological polar surface area (TPSA) is 32.3 Å². The molecule has 1 heterocycles. The van der Waals surface area contributed by atoms with E-state index >= 15 is 0 Å². The summed E-state index contributed by atoms with van der Waals surface area (Å²) in [5.41, 5.74) is 1.25. The van der Waals surface area contributed by atoms with Gasteiger partial charge in [0.2, 0.25) is 5.91 Å². The molecule has 20 heavy (non-hydrogen) atoms. The number of nitrogens with zero attached hydrogens (tertiary/aromatic N) is 1. The third-order valence-corrected chi connectivity index (χ3v) is 4.04. The van der Waals surface area contributed by atoms with Crippen LogP contribution in [0.2, 0.25) is 0 Å². The Morgan fingerprint density at radius 2 is 1.70 bits per heavy atom. The van der Waals surface area contributed by atoms with Gasteiger partial charge in [-0.15, -0.1) is 0 Å². The quantitative estimate of drug-likeness (QED) is 0.895. The molecule has 2 unspecified atom stereocenters. The van der Waals surface area contributed by atoms with E-state index < -0.39 is 0 Å². The molecule has 1 aliphatic heterocycles. The number of nitrogens with one attached hydrogen (secondary N) is 1. The van der Waals surface area contributed by atoms with E-state index in [2.05, 4.69) is 43.4 Å². The van der Waals surface area contributed by atoms with Gasteiger partial charge in [0.1, 0.15) is 0 Å². The molecule has 110 valence electrons. The summed E-state index contributed by atoms with van der Waals surface area (Å²) < 4.78 is 0. The number of amides is 1. The second-order valence-corrected chi connectivity index (χ2v) is 6.05. The third kappa shape index (κ3) is 3.60. The fourth-order valence-electron chi connectivity index (χ4n) is 2.89. The maximum absolute atomic E-state index is 12.4. The Morgan fingerprint density at radius 3 is 2.25 bits per heavy atom. The van der Waals surface area contributed by atoms with Crippen LogP contribution in [-0.4, -0.2) is 29.9 Å². The molecule has 0 spiro atoms. The molecule has 3 heteroatoms. The summed E-state index contributed by atoms with van der Waals surface area (Å²) in [6.07, 6.45) is 2.29. The molecule has 0 radical (unpaired) electrons. The molecule has 1 aromatic carbocycles. The number of carbonyl (C=O) groups is 1. The molecule has 0 bridgehead atoms. The van der Waals surface area contributed by atoms with Gasteiger partial charge in [0.25, 0.3) is 0 Å². The average molecular weight is 274 g/mol. The highest BCUT2D eigenvalue weighted by molar-refractivity contribution is 5.81. The number of carbonyl (C=O) groups excluding carboxylic acids is 1. The predicted molar refractivity (Wildman–Crippen MR) is 82.4 cm³/mol. The summed E-state index contributed by atoms with van der Waals surface area (Å²) in [5, 5.41) is 3.52. The average Bonchev–Trinajstić information content (AvgIpc) is 2.98. The Labute approximate surface area is 122 Å². The number of hydrogen-bond acceptors (Lipinski definition) is 2. The van der Waals surface area contributed by atoms with Gasteiger partial charge in [0.05, 0.1) is 6.04 Å². The van der Waals surface area contributed by atoms with Crippen LogP contribution in [0.25, 0.3) is 0 Å². The summed E-state index contributed by atoms with van der Waals surface area (Å²) in [4.78, 5) is 14.4. The maximum Gasteiger partial charge on any atom is 0.239 e. The van der Waals surface area contributed by atoms with Crippen LogP contribution in [0.15, 0.2) is 30.3 Å². The van der Waals surface area contributed by atoms with E-state index in [0.717, 1.165) is 25.9 Å². The second-order valence-electron chi connectivity index (χ2n) is 6.05. The number of rotatable bonds is 5. The second kappa shape index (κ2) is 6.89. The highest BCUT2D eigenvalue weighted by Gasteiger charge is 2.26. The van der Waals surface area contributed by atoms with Gasteiger partial charge in [-0.05, 0) is 31.2 Å². The fourth-order valence-corrected chi connectivity index (χ4v) is 2.89. The van der Waals surface area contributed by atoms with Crippen LogP contribution in [-0.2, 0) is 4.79 Å². The molecule has 1 aliphatic rings. The van der Waals surface area contributed by atoms with E-state index in [0.29, 0.717) is 5.92 Å². The molecule has 0 saturated carbocycles. The summed E-state index contributed by atoms with van der Waals surface area (Å²) >= 11 is 0. The Bertz CT molecular complexity index is 424. The normalized spacial score (nSPS) is 18.3. The molecule has 1 N–H and O–H groups in total. The Morgan fingerprint density at radius 1 is 1.10 bits per heavy atom. The van der Waals surface area contributed by atoms with Crippen molar-refractivity contribution in [1.29, 1.82) is 0 Å². The zero-order valence-corrected chi connectivity index (χ0v) is 12.8. The monoisotopic (exact) mass is 274 g/mol. The van der Waals surface area contributed by atoms with E-state index in [-0.39, 0.29) is 18.0 Å². The van der Waals surface area contributed by atoms with Gasteiger partial charge >= 0.3 is 0 Å². The Kier molecular flexibility index (Phi) is 5.18. The van der Waals surface area contributed by atoms with Gasteiger partial charge in [-0.1, -0.05) is 44.2 Å². The predicted octanol–water partition coefficient (Wildman–Crippen LogP) is 2.98. The van der Waals surface area contributed by atoms with Crippen LogP contribution in [0.1, 0.15) is 45.2 Å². The Hall–Kier alpha value is -1.35. The van der Waals surface area contributed by atoms with Crippen molar-refractivity contribution >= 4 is 5.91 Å². The zero-order chi connectivity index (χ0) is 14.5. The van der Waals surface area contributed by atoms with E-state index in [4.69, 9.17) is 0 Å². The van der Waals surface area contributed by atoms with Gasteiger partial charge < -0.3 is 4.90 Å². The molecule has 2 atom stereocenters. The number of benzene rings is 1. The Balaban J connectivity index is 2.02. The summed E-state index contributed by atoms with van der Waals surface area (Å²) in [7, 11) is 0. The molecule has 2 rings (SSSR count). The van der Waals surface area contributed by atoms with Crippen LogP contribution < -0.4 is 5.32 Å². The van der Waals surface area contributed by atoms with Crippen molar-refractivity contribution in [2.24, 2.45) is 5.92 Å². The summed E-state index contributed by atoms with van der Waals surface area (Å²) in [5.74, 6) is 0.690. The first-order valence-electron chi connectivity index (χ1n) is 7.69. The largest absolute Gasteiger partial charge is 0.341 e. The van der Waals surface area contributed by atoms with Crippen LogP contribution in [0.3, 0.4) is 0 Å². The van der Waals surface area contributed by atoms with Crippen molar-refractivity contribution in [2.75, 3.05) is 13.1 Å². The first-order chi connectivity index (χ1) is 9.59. The lowest BCUT2D eigenvalue weighted by Gasteiger charge is -2.28. The lowest BCUT2D eigenvalue weighted by molar-refractivity contribution is -0.132. The smallest absolute Gasteiger partial charge is 0.239 e. The standard InChI is InChI=1S/C17H26N2O/c1-13(2)16(15-9-5-4-6-10-15)18-14(3)17(20)19-11-7-8-12-19/h4-6,9-10,13-14,16,18H,7-8,11-12H2,1-3H3. The van der Waals surface area contributed by atoms with E-state index in [1.807, 2.05) is 17.9 Å². The molecule has 0 aliphatic carbocycles. The molecule has 1 aromatic rings. The van der Waals surface area contributed by atoms with Crippen molar-refractivity contribution in [3.05, 3.63) is 35.9 Å². The van der Waals surface area contributed by atoms with E-state index in [1.165, 1.54) is 5.56 Å². The van der Waals surface area contributed by atoms with Crippen LogP contribution in [0, 0.1) is 5.92 Å². The lowest BCUT2D eigenvalue weighted by Crippen LogP contribution is -2.45. The molecular formula is C17H26N2O. The highest BCUT2D eigenvalue weighted by Crippen LogP contribution is 2.22. The minimum Gasteiger partial charge on any atom is -0.341 e. The van der Waals surface area contributed by atoms with Gasteiger partial charge in [-0.2, -0.15) is 0 Å². The SMILES string of the molecule is CC(NC(c1ccccc1)C(C)C)C(=O)N1CCCC1. The lowest BCUT2D eigenvalue weighted by atomic mass is 9.95. The molecular weight excluding hydrogens is 248 g/mol. The minimum absolute atomic E-state index is 0.124. The molecule has 1 saturated heterocycles. The summed E-state index contributed by atoms with van der Waals surface area (Å²) in [6.45, 7) is 8.21. The first kappa shape index (κ1) is 15.0. The van der Waals surface area contributed by atoms with Crippen molar-refractivity contribution in [3.8, 4) is 0 Å².